The van der Waals surface area contributed by atoms with Crippen LogP contribution in [0.1, 0.15) is 29.3 Å². The van der Waals surface area contributed by atoms with E-state index in [0.29, 0.717) is 18.4 Å². The summed E-state index contributed by atoms with van der Waals surface area (Å²) in [7, 11) is 0. The SMILES string of the molecule is CCOC(=O)/C(O)=C1\CCc2cc(I)c(I)cc2C1=O. The van der Waals surface area contributed by atoms with Gasteiger partial charge in [-0.25, -0.2) is 4.79 Å². The van der Waals surface area contributed by atoms with Crippen LogP contribution in [0.3, 0.4) is 0 Å². The molecule has 1 aliphatic carbocycles. The number of allylic oxidation sites excluding steroid dienone is 1. The molecule has 0 atom stereocenters. The number of ether oxygens (including phenoxy) is 1. The number of benzene rings is 1. The molecule has 0 radical (unpaired) electrons. The van der Waals surface area contributed by atoms with E-state index in [9.17, 15) is 14.7 Å². The Morgan fingerprint density at radius 1 is 1.30 bits per heavy atom. The minimum atomic E-state index is -0.834. The normalized spacial score (nSPS) is 16.6. The van der Waals surface area contributed by atoms with Crippen LogP contribution in [0.2, 0.25) is 0 Å². The number of hydrogen-bond acceptors (Lipinski definition) is 4. The molecule has 1 aromatic carbocycles. The van der Waals surface area contributed by atoms with Crippen LogP contribution in [0, 0.1) is 7.14 Å². The van der Waals surface area contributed by atoms with E-state index in [1.165, 1.54) is 0 Å². The van der Waals surface area contributed by atoms with Gasteiger partial charge in [0.1, 0.15) is 0 Å². The van der Waals surface area contributed by atoms with E-state index in [1.807, 2.05) is 6.07 Å². The maximum Gasteiger partial charge on any atom is 0.373 e. The van der Waals surface area contributed by atoms with Gasteiger partial charge in [-0.3, -0.25) is 4.79 Å². The second-order valence-corrected chi connectivity index (χ2v) is 6.62. The summed E-state index contributed by atoms with van der Waals surface area (Å²) in [6, 6.07) is 3.78. The number of carbonyl (C=O) groups excluding carboxylic acids is 2. The maximum absolute atomic E-state index is 12.4. The quantitative estimate of drug-likeness (QED) is 0.294. The fraction of sp³-hybridized carbons (Fsp3) is 0.286. The summed E-state index contributed by atoms with van der Waals surface area (Å²) < 4.78 is 6.81. The van der Waals surface area contributed by atoms with Gasteiger partial charge in [-0.1, -0.05) is 0 Å². The van der Waals surface area contributed by atoms with Crippen molar-refractivity contribution >= 4 is 56.9 Å². The number of halogens is 2. The van der Waals surface area contributed by atoms with Crippen LogP contribution in [-0.2, 0) is 16.0 Å². The number of ketones is 1. The molecule has 106 valence electrons. The first kappa shape index (κ1) is 15.7. The maximum atomic E-state index is 12.4. The van der Waals surface area contributed by atoms with Crippen molar-refractivity contribution in [3.8, 4) is 0 Å². The Balaban J connectivity index is 2.44. The standard InChI is InChI=1S/C14H12I2O4/c1-2-20-14(19)13(18)8-4-3-7-5-10(15)11(16)6-9(7)12(8)17/h5-6,18H,2-4H2,1H3/b13-8-. The predicted octanol–water partition coefficient (Wildman–Crippen LogP) is 3.40. The summed E-state index contributed by atoms with van der Waals surface area (Å²) in [5.41, 5.74) is 1.67. The van der Waals surface area contributed by atoms with Gasteiger partial charge in [0.15, 0.2) is 5.78 Å². The Hall–Kier alpha value is -0.640. The zero-order valence-electron chi connectivity index (χ0n) is 10.7. The molecule has 0 aliphatic heterocycles. The van der Waals surface area contributed by atoms with E-state index in [-0.39, 0.29) is 18.0 Å². The van der Waals surface area contributed by atoms with Gasteiger partial charge >= 0.3 is 5.97 Å². The number of aliphatic hydroxyl groups is 1. The second-order valence-electron chi connectivity index (χ2n) is 4.30. The highest BCUT2D eigenvalue weighted by molar-refractivity contribution is 14.1. The zero-order valence-corrected chi connectivity index (χ0v) is 15.0. The summed E-state index contributed by atoms with van der Waals surface area (Å²) >= 11 is 4.39. The van der Waals surface area contributed by atoms with Gasteiger partial charge in [-0.2, -0.15) is 0 Å². The molecule has 1 aliphatic rings. The number of aryl methyl sites for hydroxylation is 1. The number of fused-ring (bicyclic) bond motifs is 1. The molecular formula is C14H12I2O4. The Morgan fingerprint density at radius 2 is 1.95 bits per heavy atom. The fourth-order valence-corrected chi connectivity index (χ4v) is 3.09. The molecule has 4 nitrogen and oxygen atoms in total. The van der Waals surface area contributed by atoms with Crippen molar-refractivity contribution in [2.75, 3.05) is 6.61 Å². The van der Waals surface area contributed by atoms with E-state index >= 15 is 0 Å². The van der Waals surface area contributed by atoms with Gasteiger partial charge in [0.25, 0.3) is 0 Å². The van der Waals surface area contributed by atoms with Gasteiger partial charge in [0, 0.05) is 18.3 Å². The molecule has 0 saturated carbocycles. The van der Waals surface area contributed by atoms with Crippen LogP contribution in [0.5, 0.6) is 0 Å². The first-order valence-electron chi connectivity index (χ1n) is 6.07. The summed E-state index contributed by atoms with van der Waals surface area (Å²) in [6.45, 7) is 1.81. The topological polar surface area (TPSA) is 63.6 Å². The van der Waals surface area contributed by atoms with E-state index in [0.717, 1.165) is 12.7 Å². The van der Waals surface area contributed by atoms with E-state index in [4.69, 9.17) is 4.74 Å². The molecule has 0 spiro atoms. The van der Waals surface area contributed by atoms with Gasteiger partial charge in [-0.15, -0.1) is 0 Å². The molecule has 0 amide bonds. The number of carbonyl (C=O) groups is 2. The van der Waals surface area contributed by atoms with Gasteiger partial charge in [0.05, 0.1) is 6.61 Å². The molecule has 1 aromatic rings. The third-order valence-corrected chi connectivity index (χ3v) is 5.88. The fourth-order valence-electron chi connectivity index (χ4n) is 2.09. The predicted molar refractivity (Wildman–Crippen MR) is 90.8 cm³/mol. The number of aliphatic hydroxyl groups excluding tert-OH is 1. The van der Waals surface area contributed by atoms with E-state index in [1.54, 1.807) is 13.0 Å². The Labute approximate surface area is 143 Å². The Bertz CT molecular complexity index is 620. The van der Waals surface area contributed by atoms with Crippen LogP contribution < -0.4 is 0 Å². The van der Waals surface area contributed by atoms with Crippen molar-refractivity contribution in [1.82, 2.24) is 0 Å². The van der Waals surface area contributed by atoms with Crippen molar-refractivity contribution < 1.29 is 19.4 Å². The largest absolute Gasteiger partial charge is 0.502 e. The molecule has 0 aromatic heterocycles. The highest BCUT2D eigenvalue weighted by Gasteiger charge is 2.28. The van der Waals surface area contributed by atoms with Crippen molar-refractivity contribution in [2.45, 2.75) is 19.8 Å². The first-order valence-corrected chi connectivity index (χ1v) is 8.23. The van der Waals surface area contributed by atoms with E-state index < -0.39 is 11.7 Å². The van der Waals surface area contributed by atoms with Crippen LogP contribution in [0.25, 0.3) is 0 Å². The third kappa shape index (κ3) is 3.00. The zero-order chi connectivity index (χ0) is 14.9. The van der Waals surface area contributed by atoms with Crippen LogP contribution >= 0.6 is 45.2 Å². The van der Waals surface area contributed by atoms with Gasteiger partial charge < -0.3 is 9.84 Å². The molecule has 0 heterocycles. The lowest BCUT2D eigenvalue weighted by molar-refractivity contribution is -0.141. The van der Waals surface area contributed by atoms with Crippen LogP contribution in [-0.4, -0.2) is 23.5 Å². The number of esters is 1. The summed E-state index contributed by atoms with van der Waals surface area (Å²) in [4.78, 5) is 23.9. The lowest BCUT2D eigenvalue weighted by Gasteiger charge is -2.19. The molecule has 6 heteroatoms. The van der Waals surface area contributed by atoms with Gasteiger partial charge in [-0.05, 0) is 82.6 Å². The van der Waals surface area contributed by atoms with E-state index in [2.05, 4.69) is 45.2 Å². The molecule has 1 N–H and O–H groups in total. The molecule has 2 rings (SSSR count). The molecule has 0 unspecified atom stereocenters. The molecular weight excluding hydrogens is 486 g/mol. The first-order chi connectivity index (χ1) is 9.45. The van der Waals surface area contributed by atoms with Crippen LogP contribution in [0.4, 0.5) is 0 Å². The molecule has 0 fully saturated rings. The average Bonchev–Trinajstić information content (AvgIpc) is 2.41. The number of Topliss-reactive ketones (excluding diaryl/α,β-unsaturated/α-hetero) is 1. The van der Waals surface area contributed by atoms with Gasteiger partial charge in [0.2, 0.25) is 5.76 Å². The number of rotatable bonds is 2. The molecule has 0 bridgehead atoms. The molecule has 0 saturated heterocycles. The minimum Gasteiger partial charge on any atom is -0.502 e. The highest BCUT2D eigenvalue weighted by Crippen LogP contribution is 2.30. The molecule has 20 heavy (non-hydrogen) atoms. The third-order valence-electron chi connectivity index (χ3n) is 3.06. The Morgan fingerprint density at radius 3 is 2.60 bits per heavy atom. The lowest BCUT2D eigenvalue weighted by Crippen LogP contribution is -2.20. The van der Waals surface area contributed by atoms with Crippen LogP contribution in [0.15, 0.2) is 23.5 Å². The minimum absolute atomic E-state index is 0.146. The van der Waals surface area contributed by atoms with Crippen molar-refractivity contribution in [3.63, 3.8) is 0 Å². The second kappa shape index (κ2) is 6.42. The highest BCUT2D eigenvalue weighted by atomic mass is 127. The summed E-state index contributed by atoms with van der Waals surface area (Å²) in [5, 5.41) is 9.87. The number of hydrogen-bond donors (Lipinski definition) is 1. The average molecular weight is 498 g/mol. The van der Waals surface area contributed by atoms with Crippen molar-refractivity contribution in [3.05, 3.63) is 41.7 Å². The lowest BCUT2D eigenvalue weighted by atomic mass is 9.86. The smallest absolute Gasteiger partial charge is 0.373 e. The Kier molecular flexibility index (Phi) is 5.05. The van der Waals surface area contributed by atoms with Crippen molar-refractivity contribution in [2.24, 2.45) is 0 Å². The summed E-state index contributed by atoms with van der Waals surface area (Å²) in [5.74, 6) is -1.68. The van der Waals surface area contributed by atoms with Crippen molar-refractivity contribution in [1.29, 1.82) is 0 Å². The summed E-state index contributed by atoms with van der Waals surface area (Å²) in [6.07, 6.45) is 0.986. The monoisotopic (exact) mass is 498 g/mol.